The first-order chi connectivity index (χ1) is 9.97. The van der Waals surface area contributed by atoms with Crippen molar-refractivity contribution in [3.8, 4) is 0 Å². The van der Waals surface area contributed by atoms with Gasteiger partial charge in [-0.05, 0) is 30.2 Å². The minimum Gasteiger partial charge on any atom is -0.336 e. The molecule has 0 saturated carbocycles. The summed E-state index contributed by atoms with van der Waals surface area (Å²) in [4.78, 5) is 16.3. The third kappa shape index (κ3) is 3.81. The lowest BCUT2D eigenvalue weighted by atomic mass is 10.0. The molecule has 2 aromatic rings. The first kappa shape index (κ1) is 15.0. The van der Waals surface area contributed by atoms with Crippen molar-refractivity contribution >= 4 is 11.7 Å². The molecule has 1 atom stereocenters. The summed E-state index contributed by atoms with van der Waals surface area (Å²) in [6.07, 6.45) is 3.54. The van der Waals surface area contributed by atoms with E-state index in [1.807, 2.05) is 31.7 Å². The largest absolute Gasteiger partial charge is 0.336 e. The fraction of sp³-hybridized carbons (Fsp3) is 0.333. The molecule has 1 aromatic carbocycles. The third-order valence-corrected chi connectivity index (χ3v) is 3.19. The number of urea groups is 1. The summed E-state index contributed by atoms with van der Waals surface area (Å²) < 4.78 is 14.7. The van der Waals surface area contributed by atoms with Crippen molar-refractivity contribution in [3.05, 3.63) is 48.3 Å². The Morgan fingerprint density at radius 3 is 2.48 bits per heavy atom. The molecule has 0 aliphatic rings. The van der Waals surface area contributed by atoms with Gasteiger partial charge in [-0.2, -0.15) is 0 Å². The number of carbonyl (C=O) groups is 1. The lowest BCUT2D eigenvalue weighted by Crippen LogP contribution is -2.36. The van der Waals surface area contributed by atoms with Crippen LogP contribution in [0.4, 0.5) is 14.9 Å². The van der Waals surface area contributed by atoms with Crippen molar-refractivity contribution in [1.82, 2.24) is 14.9 Å². The highest BCUT2D eigenvalue weighted by Crippen LogP contribution is 2.19. The van der Waals surface area contributed by atoms with Crippen molar-refractivity contribution in [1.29, 1.82) is 0 Å². The van der Waals surface area contributed by atoms with Gasteiger partial charge in [0, 0.05) is 25.1 Å². The van der Waals surface area contributed by atoms with E-state index in [9.17, 15) is 9.18 Å². The Balaban J connectivity index is 2.05. The van der Waals surface area contributed by atoms with E-state index < -0.39 is 0 Å². The molecule has 0 saturated heterocycles. The van der Waals surface area contributed by atoms with Gasteiger partial charge in [0.1, 0.15) is 11.6 Å². The van der Waals surface area contributed by atoms with E-state index in [-0.39, 0.29) is 23.8 Å². The molecule has 0 unspecified atom stereocenters. The minimum absolute atomic E-state index is 0.185. The van der Waals surface area contributed by atoms with Crippen LogP contribution in [-0.2, 0) is 7.05 Å². The highest BCUT2D eigenvalue weighted by atomic mass is 19.1. The Hall–Kier alpha value is -2.37. The van der Waals surface area contributed by atoms with Crippen molar-refractivity contribution < 1.29 is 9.18 Å². The molecule has 0 aliphatic carbocycles. The lowest BCUT2D eigenvalue weighted by Gasteiger charge is -2.22. The molecule has 112 valence electrons. The van der Waals surface area contributed by atoms with Crippen molar-refractivity contribution in [2.24, 2.45) is 13.0 Å². The number of nitrogens with one attached hydrogen (secondary N) is 2. The summed E-state index contributed by atoms with van der Waals surface area (Å²) >= 11 is 0. The number of carbonyl (C=O) groups excluding carboxylic acids is 1. The van der Waals surface area contributed by atoms with Crippen LogP contribution < -0.4 is 10.6 Å². The smallest absolute Gasteiger partial charge is 0.319 e. The fourth-order valence-electron chi connectivity index (χ4n) is 2.05. The average molecular weight is 290 g/mol. The van der Waals surface area contributed by atoms with E-state index in [1.165, 1.54) is 24.3 Å². The van der Waals surface area contributed by atoms with Gasteiger partial charge in [0.05, 0.1) is 6.04 Å². The molecule has 0 bridgehead atoms. The number of aromatic nitrogens is 2. The van der Waals surface area contributed by atoms with Gasteiger partial charge in [0.15, 0.2) is 0 Å². The molecule has 1 aromatic heterocycles. The zero-order valence-electron chi connectivity index (χ0n) is 12.3. The van der Waals surface area contributed by atoms with Gasteiger partial charge in [-0.1, -0.05) is 13.8 Å². The van der Waals surface area contributed by atoms with Crippen LogP contribution in [0.3, 0.4) is 0 Å². The summed E-state index contributed by atoms with van der Waals surface area (Å²) in [6, 6.07) is 5.08. The van der Waals surface area contributed by atoms with E-state index in [2.05, 4.69) is 15.6 Å². The van der Waals surface area contributed by atoms with Crippen molar-refractivity contribution in [2.75, 3.05) is 5.32 Å². The summed E-state index contributed by atoms with van der Waals surface area (Å²) in [5.74, 6) is 0.637. The summed E-state index contributed by atoms with van der Waals surface area (Å²) in [6.45, 7) is 4.02. The zero-order valence-corrected chi connectivity index (χ0v) is 12.3. The van der Waals surface area contributed by atoms with Crippen molar-refractivity contribution in [2.45, 2.75) is 19.9 Å². The van der Waals surface area contributed by atoms with Gasteiger partial charge in [0.2, 0.25) is 0 Å². The molecule has 0 aliphatic heterocycles. The Morgan fingerprint density at radius 2 is 1.95 bits per heavy atom. The average Bonchev–Trinajstić information content (AvgIpc) is 2.84. The third-order valence-electron chi connectivity index (χ3n) is 3.19. The van der Waals surface area contributed by atoms with E-state index in [1.54, 1.807) is 6.20 Å². The minimum atomic E-state index is -0.344. The molecule has 2 N–H and O–H groups in total. The summed E-state index contributed by atoms with van der Waals surface area (Å²) in [5.41, 5.74) is 0.538. The van der Waals surface area contributed by atoms with Crippen LogP contribution in [0.1, 0.15) is 25.7 Å². The SMILES string of the molecule is CC(C)[C@@H](NC(=O)Nc1ccc(F)cc1)c1nccn1C. The van der Waals surface area contributed by atoms with E-state index in [4.69, 9.17) is 0 Å². The van der Waals surface area contributed by atoms with Gasteiger partial charge >= 0.3 is 6.03 Å². The predicted molar refractivity (Wildman–Crippen MR) is 79.3 cm³/mol. The summed E-state index contributed by atoms with van der Waals surface area (Å²) in [7, 11) is 1.89. The number of rotatable bonds is 4. The monoisotopic (exact) mass is 290 g/mol. The molecule has 5 nitrogen and oxygen atoms in total. The van der Waals surface area contributed by atoms with Crippen LogP contribution in [0.2, 0.25) is 0 Å². The Morgan fingerprint density at radius 1 is 1.29 bits per heavy atom. The maximum atomic E-state index is 12.8. The molecule has 0 fully saturated rings. The van der Waals surface area contributed by atoms with E-state index >= 15 is 0 Å². The second kappa shape index (κ2) is 6.39. The van der Waals surface area contributed by atoms with Gasteiger partial charge in [-0.15, -0.1) is 0 Å². The number of hydrogen-bond donors (Lipinski definition) is 2. The van der Waals surface area contributed by atoms with Crippen LogP contribution in [0.5, 0.6) is 0 Å². The zero-order chi connectivity index (χ0) is 15.4. The number of halogens is 1. The van der Waals surface area contributed by atoms with E-state index in [0.717, 1.165) is 5.82 Å². The van der Waals surface area contributed by atoms with Crippen LogP contribution in [0.15, 0.2) is 36.7 Å². The number of nitrogens with zero attached hydrogens (tertiary/aromatic N) is 2. The van der Waals surface area contributed by atoms with Crippen molar-refractivity contribution in [3.63, 3.8) is 0 Å². The molecular formula is C15H19FN4O. The highest BCUT2D eigenvalue weighted by Gasteiger charge is 2.21. The molecule has 2 amide bonds. The Kier molecular flexibility index (Phi) is 4.57. The number of amides is 2. The van der Waals surface area contributed by atoms with E-state index in [0.29, 0.717) is 5.69 Å². The Labute approximate surface area is 123 Å². The normalized spacial score (nSPS) is 12.2. The number of benzene rings is 1. The molecule has 21 heavy (non-hydrogen) atoms. The summed E-state index contributed by atoms with van der Waals surface area (Å²) in [5, 5.41) is 5.58. The first-order valence-electron chi connectivity index (χ1n) is 6.77. The molecule has 6 heteroatoms. The molecule has 2 rings (SSSR count). The molecule has 1 heterocycles. The van der Waals surface area contributed by atoms with Crippen LogP contribution >= 0.6 is 0 Å². The van der Waals surface area contributed by atoms with Crippen LogP contribution in [0.25, 0.3) is 0 Å². The number of aryl methyl sites for hydroxylation is 1. The first-order valence-corrected chi connectivity index (χ1v) is 6.77. The topological polar surface area (TPSA) is 59.0 Å². The lowest BCUT2D eigenvalue weighted by molar-refractivity contribution is 0.243. The molecule has 0 radical (unpaired) electrons. The van der Waals surface area contributed by atoms with Gasteiger partial charge in [-0.25, -0.2) is 14.2 Å². The van der Waals surface area contributed by atoms with Gasteiger partial charge in [-0.3, -0.25) is 0 Å². The van der Waals surface area contributed by atoms with Crippen LogP contribution in [0, 0.1) is 11.7 Å². The molecular weight excluding hydrogens is 271 g/mol. The number of hydrogen-bond acceptors (Lipinski definition) is 2. The van der Waals surface area contributed by atoms with Gasteiger partial charge < -0.3 is 15.2 Å². The van der Waals surface area contributed by atoms with Gasteiger partial charge in [0.25, 0.3) is 0 Å². The fourth-order valence-corrected chi connectivity index (χ4v) is 2.05. The second-order valence-corrected chi connectivity index (χ2v) is 5.22. The number of imidazole rings is 1. The van der Waals surface area contributed by atoms with Crippen LogP contribution in [-0.4, -0.2) is 15.6 Å². The highest BCUT2D eigenvalue weighted by molar-refractivity contribution is 5.89. The maximum absolute atomic E-state index is 12.8. The quantitative estimate of drug-likeness (QED) is 0.909. The maximum Gasteiger partial charge on any atom is 0.319 e. The standard InChI is InChI=1S/C15H19FN4O/c1-10(2)13(14-17-8-9-20(14)3)19-15(21)18-12-6-4-11(16)5-7-12/h4-10,13H,1-3H3,(H2,18,19,21)/t13-/m1/s1. The second-order valence-electron chi connectivity index (χ2n) is 5.22. The Bertz CT molecular complexity index is 606. The molecule has 0 spiro atoms. The predicted octanol–water partition coefficient (Wildman–Crippen LogP) is 3.08. The number of anilines is 1.